The first-order valence-corrected chi connectivity index (χ1v) is 5.57. The lowest BCUT2D eigenvalue weighted by atomic mass is 10.3. The number of benzene rings is 1. The highest BCUT2D eigenvalue weighted by Gasteiger charge is 2.26. The lowest BCUT2D eigenvalue weighted by Crippen LogP contribution is -1.95. The van der Waals surface area contributed by atoms with Crippen molar-refractivity contribution in [3.8, 4) is 11.4 Å². The zero-order chi connectivity index (χ0) is 11.8. The van der Waals surface area contributed by atoms with Crippen LogP contribution in [0.15, 0.2) is 24.7 Å². The Bertz CT molecular complexity index is 546. The quantitative estimate of drug-likeness (QED) is 0.812. The summed E-state index contributed by atoms with van der Waals surface area (Å²) in [4.78, 5) is 4.29. The molecule has 3 rings (SSSR count). The largest absolute Gasteiger partial charge is 0.496 e. The van der Waals surface area contributed by atoms with Crippen LogP contribution in [-0.4, -0.2) is 16.7 Å². The lowest BCUT2D eigenvalue weighted by Gasteiger charge is -2.05. The predicted octanol–water partition coefficient (Wildman–Crippen LogP) is 2.70. The molecule has 3 nitrogen and oxygen atoms in total. The van der Waals surface area contributed by atoms with Gasteiger partial charge in [-0.05, 0) is 18.9 Å². The molecule has 1 aromatic heterocycles. The Morgan fingerprint density at radius 2 is 2.35 bits per heavy atom. The molecule has 0 amide bonds. The maximum Gasteiger partial charge on any atom is 0.150 e. The molecule has 0 atom stereocenters. The number of aromatic nitrogens is 2. The highest BCUT2D eigenvalue weighted by molar-refractivity contribution is 5.39. The molecule has 0 N–H and O–H groups in total. The lowest BCUT2D eigenvalue weighted by molar-refractivity contribution is 0.410. The molecule has 2 aromatic rings. The van der Waals surface area contributed by atoms with Gasteiger partial charge in [-0.1, -0.05) is 0 Å². The SMILES string of the molecule is COc1[c]cc(-n2cnc(C3CC3)c2)c(F)c1. The summed E-state index contributed by atoms with van der Waals surface area (Å²) in [7, 11) is 1.49. The molecule has 0 bridgehead atoms. The van der Waals surface area contributed by atoms with Crippen LogP contribution in [0, 0.1) is 11.9 Å². The second-order valence-electron chi connectivity index (χ2n) is 4.21. The van der Waals surface area contributed by atoms with Gasteiger partial charge in [0.2, 0.25) is 0 Å². The van der Waals surface area contributed by atoms with E-state index in [2.05, 4.69) is 11.1 Å². The number of nitrogens with zero attached hydrogens (tertiary/aromatic N) is 2. The van der Waals surface area contributed by atoms with E-state index in [1.165, 1.54) is 26.0 Å². The number of halogens is 1. The van der Waals surface area contributed by atoms with Crippen molar-refractivity contribution >= 4 is 0 Å². The minimum absolute atomic E-state index is 0.333. The first kappa shape index (κ1) is 10.3. The van der Waals surface area contributed by atoms with Gasteiger partial charge >= 0.3 is 0 Å². The number of hydrogen-bond acceptors (Lipinski definition) is 2. The van der Waals surface area contributed by atoms with Crippen molar-refractivity contribution in [2.24, 2.45) is 0 Å². The van der Waals surface area contributed by atoms with Gasteiger partial charge in [0.1, 0.15) is 5.75 Å². The van der Waals surface area contributed by atoms with E-state index in [-0.39, 0.29) is 5.82 Å². The molecule has 4 heteroatoms. The maximum atomic E-state index is 13.8. The standard InChI is InChI=1S/C13H12FN2O/c1-17-10-4-5-13(11(14)6-10)16-7-12(15-8-16)9-2-3-9/h5-9H,2-3H2,1H3. The molecular formula is C13H12FN2O. The van der Waals surface area contributed by atoms with Crippen LogP contribution in [0.2, 0.25) is 0 Å². The van der Waals surface area contributed by atoms with Gasteiger partial charge in [-0.25, -0.2) is 9.37 Å². The summed E-state index contributed by atoms with van der Waals surface area (Å²) >= 11 is 0. The van der Waals surface area contributed by atoms with Gasteiger partial charge < -0.3 is 9.30 Å². The first-order chi connectivity index (χ1) is 8.28. The van der Waals surface area contributed by atoms with Crippen LogP contribution in [-0.2, 0) is 0 Å². The van der Waals surface area contributed by atoms with E-state index in [0.29, 0.717) is 17.4 Å². The summed E-state index contributed by atoms with van der Waals surface area (Å²) in [5, 5.41) is 0. The van der Waals surface area contributed by atoms with E-state index in [1.54, 1.807) is 17.0 Å². The molecule has 1 saturated carbocycles. The maximum absolute atomic E-state index is 13.8. The van der Waals surface area contributed by atoms with Gasteiger partial charge in [0, 0.05) is 24.2 Å². The third kappa shape index (κ3) is 1.90. The molecule has 0 unspecified atom stereocenters. The summed E-state index contributed by atoms with van der Waals surface area (Å²) in [5.41, 5.74) is 1.49. The molecule has 1 radical (unpaired) electrons. The van der Waals surface area contributed by atoms with Crippen molar-refractivity contribution in [3.63, 3.8) is 0 Å². The van der Waals surface area contributed by atoms with Crippen molar-refractivity contribution in [2.75, 3.05) is 7.11 Å². The highest BCUT2D eigenvalue weighted by atomic mass is 19.1. The van der Waals surface area contributed by atoms with Gasteiger partial charge in [-0.2, -0.15) is 0 Å². The first-order valence-electron chi connectivity index (χ1n) is 5.57. The fraction of sp³-hybridized carbons (Fsp3) is 0.308. The van der Waals surface area contributed by atoms with Crippen molar-refractivity contribution in [1.82, 2.24) is 9.55 Å². The zero-order valence-corrected chi connectivity index (χ0v) is 9.48. The summed E-state index contributed by atoms with van der Waals surface area (Å²) in [6, 6.07) is 5.77. The van der Waals surface area contributed by atoms with E-state index in [4.69, 9.17) is 4.74 Å². The van der Waals surface area contributed by atoms with Crippen LogP contribution in [0.4, 0.5) is 4.39 Å². The van der Waals surface area contributed by atoms with Gasteiger partial charge in [-0.15, -0.1) is 0 Å². The van der Waals surface area contributed by atoms with Crippen LogP contribution in [0.25, 0.3) is 5.69 Å². The van der Waals surface area contributed by atoms with Gasteiger partial charge in [0.25, 0.3) is 0 Å². The van der Waals surface area contributed by atoms with E-state index < -0.39 is 0 Å². The van der Waals surface area contributed by atoms with Gasteiger partial charge in [-0.3, -0.25) is 0 Å². The molecule has 1 fully saturated rings. The minimum atomic E-state index is -0.333. The average molecular weight is 231 g/mol. The number of hydrogen-bond donors (Lipinski definition) is 0. The third-order valence-corrected chi connectivity index (χ3v) is 2.95. The number of ether oxygens (including phenoxy) is 1. The molecule has 1 aliphatic carbocycles. The molecule has 87 valence electrons. The summed E-state index contributed by atoms with van der Waals surface area (Å²) in [6.07, 6.45) is 5.91. The molecule has 0 saturated heterocycles. The van der Waals surface area contributed by atoms with Crippen LogP contribution in [0.3, 0.4) is 0 Å². The minimum Gasteiger partial charge on any atom is -0.496 e. The fourth-order valence-electron chi connectivity index (χ4n) is 1.81. The van der Waals surface area contributed by atoms with Crippen LogP contribution in [0.1, 0.15) is 24.5 Å². The van der Waals surface area contributed by atoms with Crippen LogP contribution >= 0.6 is 0 Å². The Kier molecular flexibility index (Phi) is 2.35. The highest BCUT2D eigenvalue weighted by Crippen LogP contribution is 2.39. The molecule has 1 aliphatic rings. The normalized spacial score (nSPS) is 14.9. The average Bonchev–Trinajstić information content (AvgIpc) is 3.08. The van der Waals surface area contributed by atoms with Crippen LogP contribution in [0.5, 0.6) is 5.75 Å². The number of imidazole rings is 1. The molecular weight excluding hydrogens is 219 g/mol. The van der Waals surface area contributed by atoms with E-state index >= 15 is 0 Å². The van der Waals surface area contributed by atoms with E-state index in [0.717, 1.165) is 5.69 Å². The topological polar surface area (TPSA) is 27.1 Å². The molecule has 1 aromatic carbocycles. The smallest absolute Gasteiger partial charge is 0.150 e. The van der Waals surface area contributed by atoms with Gasteiger partial charge in [0.05, 0.1) is 24.8 Å². The van der Waals surface area contributed by atoms with Crippen molar-refractivity contribution in [3.05, 3.63) is 42.2 Å². The molecule has 0 spiro atoms. The van der Waals surface area contributed by atoms with Crippen molar-refractivity contribution in [2.45, 2.75) is 18.8 Å². The molecule has 0 aliphatic heterocycles. The number of rotatable bonds is 3. The summed E-state index contributed by atoms with van der Waals surface area (Å²) < 4.78 is 20.4. The van der Waals surface area contributed by atoms with Crippen LogP contribution < -0.4 is 4.74 Å². The molecule has 1 heterocycles. The Balaban J connectivity index is 1.96. The third-order valence-electron chi connectivity index (χ3n) is 2.95. The second-order valence-corrected chi connectivity index (χ2v) is 4.21. The van der Waals surface area contributed by atoms with Gasteiger partial charge in [0.15, 0.2) is 5.82 Å². The fourth-order valence-corrected chi connectivity index (χ4v) is 1.81. The predicted molar refractivity (Wildman–Crippen MR) is 60.9 cm³/mol. The van der Waals surface area contributed by atoms with Crippen molar-refractivity contribution < 1.29 is 9.13 Å². The van der Waals surface area contributed by atoms with E-state index in [9.17, 15) is 4.39 Å². The Morgan fingerprint density at radius 1 is 1.53 bits per heavy atom. The Hall–Kier alpha value is -1.84. The summed E-state index contributed by atoms with van der Waals surface area (Å²) in [6.45, 7) is 0. The Morgan fingerprint density at radius 3 is 3.00 bits per heavy atom. The summed E-state index contributed by atoms with van der Waals surface area (Å²) in [5.74, 6) is 0.635. The van der Waals surface area contributed by atoms with Crippen molar-refractivity contribution in [1.29, 1.82) is 0 Å². The van der Waals surface area contributed by atoms with E-state index in [1.807, 2.05) is 6.20 Å². The molecule has 17 heavy (non-hydrogen) atoms. The zero-order valence-electron chi connectivity index (χ0n) is 9.48. The number of methoxy groups -OCH3 is 1. The monoisotopic (exact) mass is 231 g/mol. The second kappa shape index (κ2) is 3.87. The Labute approximate surface area is 98.9 Å².